The zero-order valence-electron chi connectivity index (χ0n) is 10.8. The molecule has 0 aliphatic rings. The maximum absolute atomic E-state index is 12.2. The summed E-state index contributed by atoms with van der Waals surface area (Å²) < 4.78 is 4.73. The van der Waals surface area contributed by atoms with Crippen LogP contribution in [0.5, 0.6) is 0 Å². The first-order valence-corrected chi connectivity index (χ1v) is 7.20. The van der Waals surface area contributed by atoms with Crippen LogP contribution < -0.4 is 5.32 Å². The minimum absolute atomic E-state index is 0.218. The van der Waals surface area contributed by atoms with Crippen molar-refractivity contribution in [3.05, 3.63) is 33.4 Å². The Morgan fingerprint density at radius 2 is 2.16 bits per heavy atom. The Morgan fingerprint density at radius 1 is 1.42 bits per heavy atom. The Morgan fingerprint density at radius 3 is 2.79 bits per heavy atom. The number of halogens is 1. The number of carbonyl (C=O) groups is 1. The molecule has 0 bridgehead atoms. The molecule has 0 unspecified atom stereocenters. The maximum Gasteiger partial charge on any atom is 0.270 e. The zero-order valence-corrected chi connectivity index (χ0v) is 13.2. The Hall–Kier alpha value is -1.34. The molecule has 0 radical (unpaired) electrons. The van der Waals surface area contributed by atoms with Crippen molar-refractivity contribution in [3.8, 4) is 0 Å². The van der Waals surface area contributed by atoms with E-state index in [0.717, 1.165) is 16.0 Å². The van der Waals surface area contributed by atoms with Crippen molar-refractivity contribution in [2.24, 2.45) is 0 Å². The van der Waals surface area contributed by atoms with Gasteiger partial charge in [0.05, 0.1) is 5.69 Å². The number of aromatic nitrogens is 3. The molecule has 7 heteroatoms. The third kappa shape index (κ3) is 3.36. The largest absolute Gasteiger partial charge is 0.306 e. The molecule has 1 N–H and O–H groups in total. The van der Waals surface area contributed by atoms with E-state index in [4.69, 9.17) is 0 Å². The van der Waals surface area contributed by atoms with E-state index in [0.29, 0.717) is 16.4 Å². The second-order valence-corrected chi connectivity index (χ2v) is 6.68. The molecular formula is C12H13BrN4OS. The van der Waals surface area contributed by atoms with Crippen molar-refractivity contribution in [1.29, 1.82) is 0 Å². The first kappa shape index (κ1) is 14.1. The van der Waals surface area contributed by atoms with Gasteiger partial charge in [-0.2, -0.15) is 0 Å². The third-order valence-corrected chi connectivity index (χ3v) is 3.59. The number of nitrogens with zero attached hydrogens (tertiary/aromatic N) is 3. The second kappa shape index (κ2) is 5.34. The van der Waals surface area contributed by atoms with Gasteiger partial charge in [-0.3, -0.25) is 4.79 Å². The number of hydrogen-bond donors (Lipinski definition) is 1. The fourth-order valence-electron chi connectivity index (χ4n) is 1.48. The Kier molecular flexibility index (Phi) is 3.96. The van der Waals surface area contributed by atoms with Crippen LogP contribution >= 0.6 is 27.5 Å². The number of rotatable bonds is 2. The number of nitrogens with one attached hydrogen (secondary N) is 1. The van der Waals surface area contributed by atoms with Gasteiger partial charge in [0.1, 0.15) is 10.7 Å². The average Bonchev–Trinajstić information content (AvgIpc) is 2.77. The lowest BCUT2D eigenvalue weighted by molar-refractivity contribution is 0.102. The quantitative estimate of drug-likeness (QED) is 0.911. The SMILES string of the molecule is CC(C)(C)c1nnsc1C(=O)Nc1cc(Br)ccn1. The summed E-state index contributed by atoms with van der Waals surface area (Å²) in [5, 5.41) is 6.79. The van der Waals surface area contributed by atoms with E-state index in [1.807, 2.05) is 20.8 Å². The molecule has 2 aromatic rings. The monoisotopic (exact) mass is 340 g/mol. The molecule has 0 aliphatic carbocycles. The highest BCUT2D eigenvalue weighted by Gasteiger charge is 2.26. The lowest BCUT2D eigenvalue weighted by Gasteiger charge is -2.16. The summed E-state index contributed by atoms with van der Waals surface area (Å²) in [6.45, 7) is 5.99. The van der Waals surface area contributed by atoms with Crippen molar-refractivity contribution in [2.75, 3.05) is 5.32 Å². The van der Waals surface area contributed by atoms with Gasteiger partial charge in [0.25, 0.3) is 5.91 Å². The smallest absolute Gasteiger partial charge is 0.270 e. The Balaban J connectivity index is 2.24. The Labute approximate surface area is 123 Å². The summed E-state index contributed by atoms with van der Waals surface area (Å²) in [5.41, 5.74) is 0.481. The number of amides is 1. The number of pyridine rings is 1. The first-order chi connectivity index (χ1) is 8.88. The summed E-state index contributed by atoms with van der Waals surface area (Å²) in [4.78, 5) is 16.8. The van der Waals surface area contributed by atoms with Crippen LogP contribution in [-0.2, 0) is 5.41 Å². The van der Waals surface area contributed by atoms with Crippen LogP contribution in [0.2, 0.25) is 0 Å². The van der Waals surface area contributed by atoms with E-state index in [-0.39, 0.29) is 11.3 Å². The van der Waals surface area contributed by atoms with Gasteiger partial charge in [-0.25, -0.2) is 4.98 Å². The first-order valence-electron chi connectivity index (χ1n) is 5.63. The van der Waals surface area contributed by atoms with Crippen LogP contribution in [0.15, 0.2) is 22.8 Å². The van der Waals surface area contributed by atoms with Crippen molar-refractivity contribution in [1.82, 2.24) is 14.6 Å². The average molecular weight is 341 g/mol. The summed E-state index contributed by atoms with van der Waals surface area (Å²) in [6.07, 6.45) is 1.62. The van der Waals surface area contributed by atoms with E-state index in [1.165, 1.54) is 0 Å². The van der Waals surface area contributed by atoms with Crippen LogP contribution in [-0.4, -0.2) is 20.5 Å². The molecular weight excluding hydrogens is 328 g/mol. The fourth-order valence-corrected chi connectivity index (χ4v) is 2.58. The van der Waals surface area contributed by atoms with Gasteiger partial charge in [-0.1, -0.05) is 41.2 Å². The van der Waals surface area contributed by atoms with E-state index in [1.54, 1.807) is 18.3 Å². The fraction of sp³-hybridized carbons (Fsp3) is 0.333. The van der Waals surface area contributed by atoms with Gasteiger partial charge >= 0.3 is 0 Å². The zero-order chi connectivity index (χ0) is 14.0. The molecule has 5 nitrogen and oxygen atoms in total. The molecule has 2 heterocycles. The molecule has 2 rings (SSSR count). The number of hydrogen-bond acceptors (Lipinski definition) is 5. The summed E-state index contributed by atoms with van der Waals surface area (Å²) in [6, 6.07) is 3.54. The molecule has 0 fully saturated rings. The molecule has 1 amide bonds. The highest BCUT2D eigenvalue weighted by atomic mass is 79.9. The lowest BCUT2D eigenvalue weighted by Crippen LogP contribution is -2.20. The van der Waals surface area contributed by atoms with Gasteiger partial charge < -0.3 is 5.32 Å². The third-order valence-electron chi connectivity index (χ3n) is 2.37. The van der Waals surface area contributed by atoms with Gasteiger partial charge in [-0.15, -0.1) is 5.10 Å². The van der Waals surface area contributed by atoms with Crippen LogP contribution in [0.1, 0.15) is 36.1 Å². The number of anilines is 1. The molecule has 0 saturated carbocycles. The van der Waals surface area contributed by atoms with Crippen LogP contribution in [0, 0.1) is 0 Å². The summed E-state index contributed by atoms with van der Waals surface area (Å²) in [7, 11) is 0. The predicted molar refractivity (Wildman–Crippen MR) is 78.5 cm³/mol. The van der Waals surface area contributed by atoms with Crippen LogP contribution in [0.25, 0.3) is 0 Å². The normalized spacial score (nSPS) is 11.4. The van der Waals surface area contributed by atoms with Crippen molar-refractivity contribution in [3.63, 3.8) is 0 Å². The minimum atomic E-state index is -0.231. The highest BCUT2D eigenvalue weighted by molar-refractivity contribution is 9.10. The predicted octanol–water partition coefficient (Wildman–Crippen LogP) is 3.25. The second-order valence-electron chi connectivity index (χ2n) is 5.01. The molecule has 0 aromatic carbocycles. The summed E-state index contributed by atoms with van der Waals surface area (Å²) >= 11 is 4.43. The van der Waals surface area contributed by atoms with E-state index >= 15 is 0 Å². The van der Waals surface area contributed by atoms with Gasteiger partial charge in [0.2, 0.25) is 0 Å². The van der Waals surface area contributed by atoms with Crippen LogP contribution in [0.4, 0.5) is 5.82 Å². The van der Waals surface area contributed by atoms with Gasteiger partial charge in [0, 0.05) is 16.1 Å². The molecule has 0 aliphatic heterocycles. The molecule has 19 heavy (non-hydrogen) atoms. The maximum atomic E-state index is 12.2. The van der Waals surface area contributed by atoms with Crippen molar-refractivity contribution < 1.29 is 4.79 Å². The van der Waals surface area contributed by atoms with Gasteiger partial charge in [-0.05, 0) is 23.7 Å². The molecule has 2 aromatic heterocycles. The topological polar surface area (TPSA) is 67.8 Å². The standard InChI is InChI=1S/C12H13BrN4OS/c1-12(2,3)10-9(19-17-16-10)11(18)15-8-6-7(13)4-5-14-8/h4-6H,1-3H3,(H,14,15,18). The van der Waals surface area contributed by atoms with E-state index < -0.39 is 0 Å². The van der Waals surface area contributed by atoms with Crippen molar-refractivity contribution >= 4 is 39.2 Å². The summed E-state index contributed by atoms with van der Waals surface area (Å²) in [5.74, 6) is 0.262. The Bertz CT molecular complexity index is 606. The van der Waals surface area contributed by atoms with Crippen molar-refractivity contribution in [2.45, 2.75) is 26.2 Å². The van der Waals surface area contributed by atoms with E-state index in [9.17, 15) is 4.79 Å². The highest BCUT2D eigenvalue weighted by Crippen LogP contribution is 2.26. The van der Waals surface area contributed by atoms with Gasteiger partial charge in [0.15, 0.2) is 0 Å². The number of carbonyl (C=O) groups excluding carboxylic acids is 1. The minimum Gasteiger partial charge on any atom is -0.306 e. The van der Waals surface area contributed by atoms with Crippen LogP contribution in [0.3, 0.4) is 0 Å². The molecule has 100 valence electrons. The molecule has 0 spiro atoms. The van der Waals surface area contributed by atoms with E-state index in [2.05, 4.69) is 35.8 Å². The molecule has 0 atom stereocenters. The lowest BCUT2D eigenvalue weighted by atomic mass is 9.91. The molecule has 0 saturated heterocycles.